The average molecular weight is 265 g/mol. The first-order chi connectivity index (χ1) is 3.80. The molecule has 0 fully saturated rings. The molecule has 60 valence electrons. The number of rotatable bonds is 0. The van der Waals surface area contributed by atoms with Gasteiger partial charge in [-0.2, -0.15) is 9.90 Å². The van der Waals surface area contributed by atoms with Gasteiger partial charge in [0.15, 0.2) is 0 Å². The Balaban J connectivity index is 0. The summed E-state index contributed by atoms with van der Waals surface area (Å²) in [6.07, 6.45) is 0. The van der Waals surface area contributed by atoms with Crippen molar-refractivity contribution in [1.82, 2.24) is 0 Å². The van der Waals surface area contributed by atoms with Crippen LogP contribution in [0.5, 0.6) is 0 Å². The van der Waals surface area contributed by atoms with Gasteiger partial charge in [0.25, 0.3) is 0 Å². The van der Waals surface area contributed by atoms with Crippen LogP contribution in [-0.2, 0) is 20.4 Å². The van der Waals surface area contributed by atoms with Crippen molar-refractivity contribution in [2.75, 3.05) is 0 Å². The zero-order valence-electron chi connectivity index (χ0n) is 5.91. The molecular formula is C7H12P2Pd. The molecular weight excluding hydrogens is 252 g/mol. The van der Waals surface area contributed by atoms with Crippen LogP contribution in [0, 0.1) is 6.92 Å². The fourth-order valence-electron chi connectivity index (χ4n) is 0.587. The van der Waals surface area contributed by atoms with Crippen LogP contribution in [0.4, 0.5) is 0 Å². The molecule has 0 radical (unpaired) electrons. The van der Waals surface area contributed by atoms with Crippen molar-refractivity contribution in [1.29, 1.82) is 0 Å². The Labute approximate surface area is 81.7 Å². The Hall–Kier alpha value is 0.742. The molecule has 0 aliphatic heterocycles. The Morgan fingerprint density at radius 2 is 1.70 bits per heavy atom. The molecule has 0 nitrogen and oxygen atoms in total. The smallest absolute Gasteiger partial charge is 0 e. The van der Waals surface area contributed by atoms with Crippen molar-refractivity contribution in [3.8, 4) is 0 Å². The van der Waals surface area contributed by atoms with Crippen molar-refractivity contribution in [3.05, 3.63) is 29.8 Å². The minimum absolute atomic E-state index is 0. The predicted octanol–water partition coefficient (Wildman–Crippen LogP) is 1.55. The van der Waals surface area contributed by atoms with Crippen LogP contribution in [0.25, 0.3) is 0 Å². The molecule has 0 spiro atoms. The maximum absolute atomic E-state index is 2.69. The van der Waals surface area contributed by atoms with E-state index in [0.717, 1.165) is 0 Å². The average Bonchev–Trinajstić information content (AvgIpc) is 1.77. The molecule has 0 aliphatic carbocycles. The summed E-state index contributed by atoms with van der Waals surface area (Å²) in [5.41, 5.74) is 1.33. The van der Waals surface area contributed by atoms with E-state index >= 15 is 0 Å². The second kappa shape index (κ2) is 6.45. The van der Waals surface area contributed by atoms with Gasteiger partial charge < -0.3 is 0 Å². The maximum atomic E-state index is 2.69. The molecule has 2 unspecified atom stereocenters. The minimum Gasteiger partial charge on any atom is -0.153 e. The third kappa shape index (κ3) is 3.80. The molecule has 3 heteroatoms. The Morgan fingerprint density at radius 3 is 2.00 bits per heavy atom. The number of hydrogen-bond acceptors (Lipinski definition) is 0. The summed E-state index contributed by atoms with van der Waals surface area (Å²) >= 11 is 0. The van der Waals surface area contributed by atoms with Gasteiger partial charge >= 0.3 is 0 Å². The summed E-state index contributed by atoms with van der Waals surface area (Å²) in [7, 11) is 2.69. The summed E-state index contributed by atoms with van der Waals surface area (Å²) in [6.45, 7) is 2.10. The van der Waals surface area contributed by atoms with Crippen LogP contribution in [0.2, 0.25) is 0 Å². The van der Waals surface area contributed by atoms with E-state index in [1.54, 1.807) is 0 Å². The van der Waals surface area contributed by atoms with E-state index in [2.05, 4.69) is 28.3 Å². The molecule has 0 saturated heterocycles. The Morgan fingerprint density at radius 1 is 1.20 bits per heavy atom. The molecule has 0 bridgehead atoms. The second-order valence-electron chi connectivity index (χ2n) is 1.86. The fraction of sp³-hybridized carbons (Fsp3) is 0.143. The minimum atomic E-state index is 0. The van der Waals surface area contributed by atoms with Crippen molar-refractivity contribution < 1.29 is 20.4 Å². The Bertz CT molecular complexity index is 168. The molecule has 1 rings (SSSR count). The normalized spacial score (nSPS) is 7.40. The van der Waals surface area contributed by atoms with E-state index in [9.17, 15) is 0 Å². The number of aryl methyl sites for hydroxylation is 1. The second-order valence-corrected chi connectivity index (χ2v) is 2.48. The zero-order chi connectivity index (χ0) is 5.98. The van der Waals surface area contributed by atoms with Crippen molar-refractivity contribution >= 4 is 24.4 Å². The van der Waals surface area contributed by atoms with Gasteiger partial charge in [-0.1, -0.05) is 24.3 Å². The molecule has 10 heavy (non-hydrogen) atoms. The van der Waals surface area contributed by atoms with Crippen LogP contribution in [-0.4, -0.2) is 0 Å². The van der Waals surface area contributed by atoms with E-state index in [0.29, 0.717) is 0 Å². The van der Waals surface area contributed by atoms with E-state index in [1.165, 1.54) is 10.9 Å². The first-order valence-corrected chi connectivity index (χ1v) is 3.19. The van der Waals surface area contributed by atoms with E-state index in [1.807, 2.05) is 12.1 Å². The molecule has 0 heterocycles. The summed E-state index contributed by atoms with van der Waals surface area (Å²) in [6, 6.07) is 8.26. The van der Waals surface area contributed by atoms with Gasteiger partial charge in [-0.05, 0) is 17.8 Å². The zero-order valence-corrected chi connectivity index (χ0v) is 10.0. The summed E-state index contributed by atoms with van der Waals surface area (Å²) in [4.78, 5) is 0. The quantitative estimate of drug-likeness (QED) is 0.493. The van der Waals surface area contributed by atoms with Gasteiger partial charge in [-0.3, -0.25) is 0 Å². The molecule has 1 aromatic rings. The van der Waals surface area contributed by atoms with E-state index < -0.39 is 0 Å². The third-order valence-electron chi connectivity index (χ3n) is 1.19. The van der Waals surface area contributed by atoms with E-state index in [4.69, 9.17) is 0 Å². The molecule has 0 amide bonds. The molecule has 2 atom stereocenters. The monoisotopic (exact) mass is 264 g/mol. The summed E-state index contributed by atoms with van der Waals surface area (Å²) in [5, 5.41) is 1.28. The van der Waals surface area contributed by atoms with Crippen LogP contribution in [0.3, 0.4) is 0 Å². The van der Waals surface area contributed by atoms with Gasteiger partial charge in [0.05, 0.1) is 0 Å². The van der Waals surface area contributed by atoms with Gasteiger partial charge in [0, 0.05) is 20.4 Å². The molecule has 0 saturated carbocycles. The SMILES string of the molecule is Cc1ccccc1P.P.[Pd]. The molecule has 0 N–H and O–H groups in total. The number of hydrogen-bond donors (Lipinski definition) is 0. The predicted molar refractivity (Wildman–Crippen MR) is 51.6 cm³/mol. The van der Waals surface area contributed by atoms with E-state index in [-0.39, 0.29) is 30.3 Å². The van der Waals surface area contributed by atoms with Crippen LogP contribution >= 0.6 is 19.1 Å². The number of benzene rings is 1. The summed E-state index contributed by atoms with van der Waals surface area (Å²) in [5.74, 6) is 0. The third-order valence-corrected chi connectivity index (χ3v) is 1.84. The molecule has 0 aromatic heterocycles. The first-order valence-electron chi connectivity index (χ1n) is 2.62. The van der Waals surface area contributed by atoms with Crippen LogP contribution in [0.1, 0.15) is 5.56 Å². The largest absolute Gasteiger partial charge is 0.153 e. The van der Waals surface area contributed by atoms with Gasteiger partial charge in [0.1, 0.15) is 0 Å². The van der Waals surface area contributed by atoms with Gasteiger partial charge in [0.2, 0.25) is 0 Å². The van der Waals surface area contributed by atoms with Crippen molar-refractivity contribution in [2.45, 2.75) is 6.92 Å². The summed E-state index contributed by atoms with van der Waals surface area (Å²) < 4.78 is 0. The first kappa shape index (κ1) is 13.3. The molecule has 1 aromatic carbocycles. The van der Waals surface area contributed by atoms with Crippen LogP contribution in [0.15, 0.2) is 24.3 Å². The van der Waals surface area contributed by atoms with Gasteiger partial charge in [-0.15, -0.1) is 9.24 Å². The Kier molecular flexibility index (Phi) is 8.61. The molecule has 0 aliphatic rings. The van der Waals surface area contributed by atoms with Crippen molar-refractivity contribution in [2.24, 2.45) is 0 Å². The fourth-order valence-corrected chi connectivity index (χ4v) is 0.794. The topological polar surface area (TPSA) is 0 Å². The standard InChI is InChI=1S/C7H9P.H3P.Pd/c1-6-4-2-3-5-7(6)8;;/h2-5H,8H2,1H3;1H3;. The van der Waals surface area contributed by atoms with Gasteiger partial charge in [-0.25, -0.2) is 0 Å². The maximum Gasteiger partial charge on any atom is 0 e. The van der Waals surface area contributed by atoms with Crippen LogP contribution < -0.4 is 5.30 Å². The van der Waals surface area contributed by atoms with Crippen molar-refractivity contribution in [3.63, 3.8) is 0 Å².